The summed E-state index contributed by atoms with van der Waals surface area (Å²) in [4.78, 5) is 26.7. The fourth-order valence-electron chi connectivity index (χ4n) is 3.05. The van der Waals surface area contributed by atoms with Crippen molar-refractivity contribution in [2.75, 3.05) is 18.1 Å². The van der Waals surface area contributed by atoms with Gasteiger partial charge in [-0.3, -0.25) is 9.36 Å². The summed E-state index contributed by atoms with van der Waals surface area (Å²) in [6.45, 7) is 5.57. The zero-order valence-corrected chi connectivity index (χ0v) is 15.9. The van der Waals surface area contributed by atoms with E-state index in [4.69, 9.17) is 4.74 Å². The first-order valence-corrected chi connectivity index (χ1v) is 9.78. The molecule has 1 saturated heterocycles. The van der Waals surface area contributed by atoms with Gasteiger partial charge in [0, 0.05) is 18.8 Å². The summed E-state index contributed by atoms with van der Waals surface area (Å²) < 4.78 is 7.19. The van der Waals surface area contributed by atoms with Crippen molar-refractivity contribution in [1.29, 1.82) is 0 Å². The molecule has 0 bridgehead atoms. The van der Waals surface area contributed by atoms with Gasteiger partial charge in [-0.2, -0.15) is 0 Å². The maximum Gasteiger partial charge on any atom is 0.344 e. The Morgan fingerprint density at radius 3 is 2.88 bits per heavy atom. The molecule has 0 radical (unpaired) electrons. The fraction of sp³-hybridized carbons (Fsp3) is 0.500. The molecular weight excluding hydrogens is 352 g/mol. The molecule has 26 heavy (non-hydrogen) atoms. The van der Waals surface area contributed by atoms with E-state index in [1.54, 1.807) is 9.47 Å². The molecule has 1 aliphatic heterocycles. The Morgan fingerprint density at radius 1 is 1.46 bits per heavy atom. The van der Waals surface area contributed by atoms with E-state index < -0.39 is 0 Å². The molecule has 140 valence electrons. The summed E-state index contributed by atoms with van der Waals surface area (Å²) in [7, 11) is 0. The van der Waals surface area contributed by atoms with Gasteiger partial charge in [0.1, 0.15) is 0 Å². The predicted molar refractivity (Wildman–Crippen MR) is 102 cm³/mol. The van der Waals surface area contributed by atoms with Crippen molar-refractivity contribution in [2.45, 2.75) is 49.7 Å². The normalized spacial score (nSPS) is 18.0. The molecule has 0 spiro atoms. The number of thioether (sulfide) groups is 1. The predicted octanol–water partition coefficient (Wildman–Crippen LogP) is 2.28. The highest BCUT2D eigenvalue weighted by molar-refractivity contribution is 8.00. The molecule has 1 N–H and O–H groups in total. The third-order valence-corrected chi connectivity index (χ3v) is 5.49. The van der Waals surface area contributed by atoms with Gasteiger partial charge in [-0.05, 0) is 38.8 Å². The second-order valence-electron chi connectivity index (χ2n) is 6.24. The second-order valence-corrected chi connectivity index (χ2v) is 7.54. The van der Waals surface area contributed by atoms with Crippen LogP contribution in [0, 0.1) is 0 Å². The van der Waals surface area contributed by atoms with Crippen molar-refractivity contribution < 1.29 is 9.53 Å². The van der Waals surface area contributed by atoms with Gasteiger partial charge in [-0.1, -0.05) is 30.0 Å². The van der Waals surface area contributed by atoms with Crippen LogP contribution in [0.3, 0.4) is 0 Å². The number of hydrogen-bond donors (Lipinski definition) is 1. The summed E-state index contributed by atoms with van der Waals surface area (Å²) in [6.07, 6.45) is 1.98. The molecule has 2 unspecified atom stereocenters. The Hall–Kier alpha value is -2.06. The van der Waals surface area contributed by atoms with Crippen molar-refractivity contribution in [2.24, 2.45) is 0 Å². The Labute approximate surface area is 156 Å². The van der Waals surface area contributed by atoms with Crippen LogP contribution in [-0.2, 0) is 16.1 Å². The lowest BCUT2D eigenvalue weighted by molar-refractivity contribution is -0.117. The SMILES string of the molecule is CCN(C(=O)C(C)Sc1n[nH]c(=O)n1CC1CCCO1)c1ccccc1. The third kappa shape index (κ3) is 4.19. The van der Waals surface area contributed by atoms with Crippen molar-refractivity contribution >= 4 is 23.4 Å². The average Bonchev–Trinajstić information content (AvgIpc) is 3.28. The van der Waals surface area contributed by atoms with E-state index in [-0.39, 0.29) is 23.0 Å². The Bertz CT molecular complexity index is 783. The molecule has 0 saturated carbocycles. The monoisotopic (exact) mass is 376 g/mol. The summed E-state index contributed by atoms with van der Waals surface area (Å²) >= 11 is 1.29. The number of para-hydroxylation sites is 1. The minimum Gasteiger partial charge on any atom is -0.376 e. The van der Waals surface area contributed by atoms with Gasteiger partial charge >= 0.3 is 5.69 Å². The lowest BCUT2D eigenvalue weighted by Gasteiger charge is -2.24. The molecule has 3 rings (SSSR count). The van der Waals surface area contributed by atoms with E-state index in [1.807, 2.05) is 44.2 Å². The fourth-order valence-corrected chi connectivity index (χ4v) is 3.98. The molecule has 8 heteroatoms. The van der Waals surface area contributed by atoms with Gasteiger partial charge < -0.3 is 9.64 Å². The quantitative estimate of drug-likeness (QED) is 0.750. The third-order valence-electron chi connectivity index (χ3n) is 4.41. The number of ether oxygens (including phenoxy) is 1. The maximum atomic E-state index is 12.9. The van der Waals surface area contributed by atoms with Crippen LogP contribution in [0.25, 0.3) is 0 Å². The summed E-state index contributed by atoms with van der Waals surface area (Å²) in [5.41, 5.74) is 0.601. The highest BCUT2D eigenvalue weighted by Crippen LogP contribution is 2.25. The maximum absolute atomic E-state index is 12.9. The van der Waals surface area contributed by atoms with Crippen LogP contribution in [0.5, 0.6) is 0 Å². The number of benzene rings is 1. The second kappa shape index (κ2) is 8.55. The molecule has 2 atom stereocenters. The number of nitrogens with one attached hydrogen (secondary N) is 1. The Kier molecular flexibility index (Phi) is 6.16. The highest BCUT2D eigenvalue weighted by Gasteiger charge is 2.25. The van der Waals surface area contributed by atoms with Crippen molar-refractivity contribution in [3.63, 3.8) is 0 Å². The number of nitrogens with zero attached hydrogens (tertiary/aromatic N) is 3. The number of rotatable bonds is 7. The molecule has 1 aromatic heterocycles. The number of anilines is 1. The van der Waals surface area contributed by atoms with E-state index in [9.17, 15) is 9.59 Å². The first-order valence-electron chi connectivity index (χ1n) is 8.90. The van der Waals surface area contributed by atoms with Gasteiger partial charge in [-0.15, -0.1) is 5.10 Å². The summed E-state index contributed by atoms with van der Waals surface area (Å²) in [5, 5.41) is 6.74. The highest BCUT2D eigenvalue weighted by atomic mass is 32.2. The van der Waals surface area contributed by atoms with Crippen LogP contribution in [0.1, 0.15) is 26.7 Å². The zero-order valence-electron chi connectivity index (χ0n) is 15.1. The largest absolute Gasteiger partial charge is 0.376 e. The number of hydrogen-bond acceptors (Lipinski definition) is 5. The van der Waals surface area contributed by atoms with E-state index >= 15 is 0 Å². The van der Waals surface area contributed by atoms with Crippen LogP contribution >= 0.6 is 11.8 Å². The van der Waals surface area contributed by atoms with E-state index in [2.05, 4.69) is 10.2 Å². The van der Waals surface area contributed by atoms with Crippen LogP contribution < -0.4 is 10.6 Å². The standard InChI is InChI=1S/C18H24N4O3S/c1-3-21(14-8-5-4-6-9-14)16(23)13(2)26-18-20-19-17(24)22(18)12-15-10-7-11-25-15/h4-6,8-9,13,15H,3,7,10-12H2,1-2H3,(H,19,24). The molecule has 1 aliphatic rings. The average molecular weight is 376 g/mol. The number of carbonyl (C=O) groups excluding carboxylic acids is 1. The smallest absolute Gasteiger partial charge is 0.344 e. The molecule has 7 nitrogen and oxygen atoms in total. The molecule has 1 fully saturated rings. The number of aromatic amines is 1. The Morgan fingerprint density at radius 2 is 2.23 bits per heavy atom. The minimum absolute atomic E-state index is 0.0113. The molecule has 2 aromatic rings. The molecule has 1 aromatic carbocycles. The molecule has 1 amide bonds. The number of carbonyl (C=O) groups is 1. The van der Waals surface area contributed by atoms with E-state index in [0.29, 0.717) is 18.2 Å². The van der Waals surface area contributed by atoms with Gasteiger partial charge in [0.2, 0.25) is 5.91 Å². The van der Waals surface area contributed by atoms with Crippen LogP contribution in [0.4, 0.5) is 5.69 Å². The molecular formula is C18H24N4O3S. The van der Waals surface area contributed by atoms with Gasteiger partial charge in [-0.25, -0.2) is 9.89 Å². The molecule has 2 heterocycles. The lowest BCUT2D eigenvalue weighted by atomic mass is 10.2. The van der Waals surface area contributed by atoms with Gasteiger partial charge in [0.05, 0.1) is 17.9 Å². The lowest BCUT2D eigenvalue weighted by Crippen LogP contribution is -2.36. The van der Waals surface area contributed by atoms with E-state index in [1.165, 1.54) is 11.8 Å². The summed E-state index contributed by atoms with van der Waals surface area (Å²) in [6, 6.07) is 9.58. The first kappa shape index (κ1) is 18.7. The van der Waals surface area contributed by atoms with Crippen molar-refractivity contribution in [3.05, 3.63) is 40.8 Å². The van der Waals surface area contributed by atoms with Crippen molar-refractivity contribution in [3.8, 4) is 0 Å². The van der Waals surface area contributed by atoms with Gasteiger partial charge in [0.15, 0.2) is 5.16 Å². The van der Waals surface area contributed by atoms with E-state index in [0.717, 1.165) is 25.1 Å². The summed E-state index contributed by atoms with van der Waals surface area (Å²) in [5.74, 6) is -0.0113. The van der Waals surface area contributed by atoms with Gasteiger partial charge in [0.25, 0.3) is 0 Å². The van der Waals surface area contributed by atoms with Crippen LogP contribution in [-0.4, -0.2) is 45.2 Å². The van der Waals surface area contributed by atoms with Crippen LogP contribution in [0.2, 0.25) is 0 Å². The minimum atomic E-state index is -0.367. The number of aromatic nitrogens is 3. The zero-order chi connectivity index (χ0) is 18.5. The number of H-pyrrole nitrogens is 1. The topological polar surface area (TPSA) is 80.2 Å². The van der Waals surface area contributed by atoms with Crippen LogP contribution in [0.15, 0.2) is 40.3 Å². The first-order chi connectivity index (χ1) is 12.6. The number of amides is 1. The van der Waals surface area contributed by atoms with Crippen molar-refractivity contribution in [1.82, 2.24) is 14.8 Å². The Balaban J connectivity index is 1.72. The molecule has 0 aliphatic carbocycles.